The third-order valence-corrected chi connectivity index (χ3v) is 4.49. The number of nitrogens with zero attached hydrogens (tertiary/aromatic N) is 2. The average Bonchev–Trinajstić information content (AvgIpc) is 2.74. The van der Waals surface area contributed by atoms with Crippen LogP contribution in [-0.4, -0.2) is 23.2 Å². The van der Waals surface area contributed by atoms with Crippen LogP contribution < -0.4 is 10.1 Å². The summed E-state index contributed by atoms with van der Waals surface area (Å²) < 4.78 is 5.35. The molecule has 0 saturated carbocycles. The lowest BCUT2D eigenvalue weighted by Crippen LogP contribution is -2.15. The fourth-order valence-corrected chi connectivity index (χ4v) is 3.12. The maximum Gasteiger partial charge on any atom is 0.229 e. The quantitative estimate of drug-likeness (QED) is 0.563. The Labute approximate surface area is 163 Å². The number of hydrogen-bond acceptors (Lipinski definition) is 4. The van der Waals surface area contributed by atoms with Crippen LogP contribution in [-0.2, 0) is 11.2 Å². The summed E-state index contributed by atoms with van der Waals surface area (Å²) in [5.41, 5.74) is 2.49. The Morgan fingerprint density at radius 2 is 1.68 bits per heavy atom. The Hall–Kier alpha value is -3.73. The molecule has 0 aliphatic carbocycles. The molecule has 5 heteroatoms. The second-order valence-electron chi connectivity index (χ2n) is 6.41. The number of para-hydroxylation sites is 1. The van der Waals surface area contributed by atoms with E-state index in [-0.39, 0.29) is 12.3 Å². The molecule has 1 N–H and O–H groups in total. The van der Waals surface area contributed by atoms with Crippen molar-refractivity contribution in [2.24, 2.45) is 0 Å². The molecule has 4 aromatic rings. The van der Waals surface area contributed by atoms with Gasteiger partial charge in [0.25, 0.3) is 0 Å². The molecule has 1 heterocycles. The number of rotatable bonds is 5. The largest absolute Gasteiger partial charge is 0.496 e. The summed E-state index contributed by atoms with van der Waals surface area (Å²) in [6, 6.07) is 25.3. The van der Waals surface area contributed by atoms with E-state index in [4.69, 9.17) is 4.74 Å². The molecule has 0 fully saturated rings. The summed E-state index contributed by atoms with van der Waals surface area (Å²) in [6.07, 6.45) is 0.279. The normalized spacial score (nSPS) is 10.6. The van der Waals surface area contributed by atoms with Crippen molar-refractivity contribution < 1.29 is 9.53 Å². The van der Waals surface area contributed by atoms with Gasteiger partial charge in [-0.1, -0.05) is 54.6 Å². The Morgan fingerprint density at radius 1 is 0.893 bits per heavy atom. The minimum atomic E-state index is -0.130. The number of aromatic nitrogens is 2. The van der Waals surface area contributed by atoms with Crippen LogP contribution in [0.4, 0.5) is 5.82 Å². The fraction of sp³-hybridized carbons (Fsp3) is 0.0870. The standard InChI is InChI=1S/C23H19N3O2/c1-28-21-9-5-4-8-19(21)20-12-13-22(26-25-20)24-23(27)15-16-10-11-17-6-2-3-7-18(17)14-16/h2-14H,15H2,1H3,(H,24,26,27). The van der Waals surface area contributed by atoms with Crippen molar-refractivity contribution in [3.05, 3.63) is 84.4 Å². The second kappa shape index (κ2) is 7.88. The molecule has 28 heavy (non-hydrogen) atoms. The molecule has 0 aliphatic heterocycles. The van der Waals surface area contributed by atoms with Gasteiger partial charge in [-0.25, -0.2) is 0 Å². The van der Waals surface area contributed by atoms with Crippen molar-refractivity contribution in [3.63, 3.8) is 0 Å². The molecule has 138 valence electrons. The number of methoxy groups -OCH3 is 1. The lowest BCUT2D eigenvalue weighted by molar-refractivity contribution is -0.115. The van der Waals surface area contributed by atoms with Crippen molar-refractivity contribution in [2.75, 3.05) is 12.4 Å². The molecular weight excluding hydrogens is 350 g/mol. The van der Waals surface area contributed by atoms with Gasteiger partial charge < -0.3 is 10.1 Å². The highest BCUT2D eigenvalue weighted by molar-refractivity contribution is 5.92. The van der Waals surface area contributed by atoms with Crippen LogP contribution in [0.5, 0.6) is 5.75 Å². The van der Waals surface area contributed by atoms with Gasteiger partial charge in [0.15, 0.2) is 5.82 Å². The number of carbonyl (C=O) groups is 1. The number of carbonyl (C=O) groups excluding carboxylic acids is 1. The molecule has 4 rings (SSSR count). The molecule has 0 saturated heterocycles. The van der Waals surface area contributed by atoms with Crippen molar-refractivity contribution in [3.8, 4) is 17.0 Å². The first-order chi connectivity index (χ1) is 13.7. The highest BCUT2D eigenvalue weighted by Gasteiger charge is 2.09. The number of fused-ring (bicyclic) bond motifs is 1. The highest BCUT2D eigenvalue weighted by atomic mass is 16.5. The second-order valence-corrected chi connectivity index (χ2v) is 6.41. The van der Waals surface area contributed by atoms with Crippen molar-refractivity contribution in [2.45, 2.75) is 6.42 Å². The summed E-state index contributed by atoms with van der Waals surface area (Å²) in [6.45, 7) is 0. The lowest BCUT2D eigenvalue weighted by Gasteiger charge is -2.08. The molecule has 0 bridgehead atoms. The topological polar surface area (TPSA) is 64.1 Å². The van der Waals surface area contributed by atoms with E-state index in [9.17, 15) is 4.79 Å². The summed E-state index contributed by atoms with van der Waals surface area (Å²) in [5, 5.41) is 13.4. The summed E-state index contributed by atoms with van der Waals surface area (Å²) in [4.78, 5) is 12.4. The third kappa shape index (κ3) is 3.83. The Morgan fingerprint density at radius 3 is 2.46 bits per heavy atom. The molecule has 5 nitrogen and oxygen atoms in total. The van der Waals surface area contributed by atoms with Crippen LogP contribution in [0, 0.1) is 0 Å². The van der Waals surface area contributed by atoms with E-state index in [2.05, 4.69) is 21.6 Å². The number of hydrogen-bond donors (Lipinski definition) is 1. The zero-order chi connectivity index (χ0) is 19.3. The van der Waals surface area contributed by atoms with E-state index in [0.29, 0.717) is 11.5 Å². The van der Waals surface area contributed by atoms with E-state index in [1.54, 1.807) is 13.2 Å². The van der Waals surface area contributed by atoms with E-state index in [0.717, 1.165) is 27.6 Å². The average molecular weight is 369 g/mol. The van der Waals surface area contributed by atoms with Gasteiger partial charge in [-0.15, -0.1) is 10.2 Å². The van der Waals surface area contributed by atoms with Gasteiger partial charge in [0.2, 0.25) is 5.91 Å². The van der Waals surface area contributed by atoms with Crippen molar-refractivity contribution in [1.82, 2.24) is 10.2 Å². The predicted molar refractivity (Wildman–Crippen MR) is 110 cm³/mol. The van der Waals surface area contributed by atoms with Gasteiger partial charge >= 0.3 is 0 Å². The molecule has 3 aromatic carbocycles. The van der Waals surface area contributed by atoms with Gasteiger partial charge in [0.05, 0.1) is 19.2 Å². The molecule has 0 radical (unpaired) electrons. The van der Waals surface area contributed by atoms with Crippen LogP contribution >= 0.6 is 0 Å². The van der Waals surface area contributed by atoms with Gasteiger partial charge in [0, 0.05) is 5.56 Å². The third-order valence-electron chi connectivity index (χ3n) is 4.49. The van der Waals surface area contributed by atoms with Crippen LogP contribution in [0.3, 0.4) is 0 Å². The maximum atomic E-state index is 12.4. The maximum absolute atomic E-state index is 12.4. The summed E-state index contributed by atoms with van der Waals surface area (Å²) in [7, 11) is 1.62. The molecule has 1 aromatic heterocycles. The molecular formula is C23H19N3O2. The zero-order valence-electron chi connectivity index (χ0n) is 15.4. The number of anilines is 1. The number of benzene rings is 3. The van der Waals surface area contributed by atoms with Crippen LogP contribution in [0.2, 0.25) is 0 Å². The molecule has 0 spiro atoms. The van der Waals surface area contributed by atoms with E-state index in [1.807, 2.05) is 66.7 Å². The Bertz CT molecular complexity index is 1120. The first-order valence-corrected chi connectivity index (χ1v) is 8.97. The minimum Gasteiger partial charge on any atom is -0.496 e. The lowest BCUT2D eigenvalue weighted by atomic mass is 10.0. The smallest absolute Gasteiger partial charge is 0.229 e. The highest BCUT2D eigenvalue weighted by Crippen LogP contribution is 2.27. The first kappa shape index (κ1) is 17.7. The number of ether oxygens (including phenoxy) is 1. The van der Waals surface area contributed by atoms with E-state index < -0.39 is 0 Å². The predicted octanol–water partition coefficient (Wildman–Crippen LogP) is 4.49. The Balaban J connectivity index is 1.45. The van der Waals surface area contributed by atoms with Gasteiger partial charge in [-0.05, 0) is 40.6 Å². The van der Waals surface area contributed by atoms with Gasteiger partial charge in [-0.2, -0.15) is 0 Å². The van der Waals surface area contributed by atoms with Crippen molar-refractivity contribution >= 4 is 22.5 Å². The Kier molecular flexibility index (Phi) is 4.97. The summed E-state index contributed by atoms with van der Waals surface area (Å²) in [5.74, 6) is 1.02. The molecule has 1 amide bonds. The monoisotopic (exact) mass is 369 g/mol. The van der Waals surface area contributed by atoms with Crippen LogP contribution in [0.15, 0.2) is 78.9 Å². The van der Waals surface area contributed by atoms with Gasteiger partial charge in [-0.3, -0.25) is 4.79 Å². The van der Waals surface area contributed by atoms with E-state index in [1.165, 1.54) is 0 Å². The number of nitrogens with one attached hydrogen (secondary N) is 1. The molecule has 0 unspecified atom stereocenters. The molecule has 0 aliphatic rings. The molecule has 0 atom stereocenters. The van der Waals surface area contributed by atoms with E-state index >= 15 is 0 Å². The zero-order valence-corrected chi connectivity index (χ0v) is 15.4. The summed E-state index contributed by atoms with van der Waals surface area (Å²) >= 11 is 0. The van der Waals surface area contributed by atoms with Gasteiger partial charge in [0.1, 0.15) is 5.75 Å². The van der Waals surface area contributed by atoms with Crippen LogP contribution in [0.25, 0.3) is 22.0 Å². The fourth-order valence-electron chi connectivity index (χ4n) is 3.12. The SMILES string of the molecule is COc1ccccc1-c1ccc(NC(=O)Cc2ccc3ccccc3c2)nn1. The van der Waals surface area contributed by atoms with Crippen LogP contribution in [0.1, 0.15) is 5.56 Å². The van der Waals surface area contributed by atoms with Crippen molar-refractivity contribution in [1.29, 1.82) is 0 Å². The minimum absolute atomic E-state index is 0.130. The number of amides is 1. The first-order valence-electron chi connectivity index (χ1n) is 8.97.